The van der Waals surface area contributed by atoms with E-state index in [1.807, 2.05) is 0 Å². The molecule has 0 amide bonds. The number of aliphatic hydroxyl groups excluding tert-OH is 2. The maximum absolute atomic E-state index is 10.1. The number of carbonyl (C=O) groups is 1. The lowest BCUT2D eigenvalue weighted by Crippen LogP contribution is -2.34. The fraction of sp³-hybridized carbons (Fsp3) is 0.429. The van der Waals surface area contributed by atoms with Crippen molar-refractivity contribution in [1.82, 2.24) is 0 Å². The Bertz CT molecular complexity index is 132. The minimum atomic E-state index is -1.77. The summed E-state index contributed by atoms with van der Waals surface area (Å²) in [6.45, 7) is 5.01. The van der Waals surface area contributed by atoms with Crippen LogP contribution >= 0.6 is 0 Å². The molecule has 0 unspecified atom stereocenters. The number of carboxylic acids is 1. The van der Waals surface area contributed by atoms with E-state index in [9.17, 15) is 4.79 Å². The molecule has 0 saturated heterocycles. The summed E-state index contributed by atoms with van der Waals surface area (Å²) in [6.07, 6.45) is -1.98. The molecule has 0 bridgehead atoms. The van der Waals surface area contributed by atoms with Crippen LogP contribution in [0.5, 0.6) is 0 Å². The molecule has 3 N–H and O–H groups in total. The third kappa shape index (κ3) is 3.95. The normalized spacial score (nSPS) is 16.5. The van der Waals surface area contributed by atoms with Crippen molar-refractivity contribution in [2.45, 2.75) is 19.1 Å². The third-order valence-electron chi connectivity index (χ3n) is 1.03. The molecule has 0 aliphatic carbocycles. The van der Waals surface area contributed by atoms with Gasteiger partial charge in [0.2, 0.25) is 0 Å². The van der Waals surface area contributed by atoms with Crippen molar-refractivity contribution in [2.75, 3.05) is 0 Å². The summed E-state index contributed by atoms with van der Waals surface area (Å²) < 4.78 is 0. The zero-order valence-electron chi connectivity index (χ0n) is 6.19. The predicted octanol–water partition coefficient (Wildman–Crippen LogP) is -0.574. The Hall–Kier alpha value is -0.610. The van der Waals surface area contributed by atoms with Crippen molar-refractivity contribution in [3.8, 4) is 0 Å². The Morgan fingerprint density at radius 1 is 1.55 bits per heavy atom. The largest absolute Gasteiger partial charge is 0.479 e. The zero-order chi connectivity index (χ0) is 9.02. The molecule has 0 aliphatic heterocycles. The fourth-order valence-corrected chi connectivity index (χ4v) is 0.529. The highest BCUT2D eigenvalue weighted by molar-refractivity contribution is 5.73. The minimum absolute atomic E-state index is 0.512. The number of aliphatic hydroxyl groups is 2. The van der Waals surface area contributed by atoms with Gasteiger partial charge < -0.3 is 15.3 Å². The first-order chi connectivity index (χ1) is 4.95. The van der Waals surface area contributed by atoms with Crippen molar-refractivity contribution >= 4 is 5.97 Å². The fourth-order valence-electron chi connectivity index (χ4n) is 0.529. The van der Waals surface area contributed by atoms with Crippen LogP contribution in [-0.2, 0) is 4.79 Å². The highest BCUT2D eigenvalue weighted by atomic mass is 16.4. The molecule has 63 valence electrons. The van der Waals surface area contributed by atoms with Crippen LogP contribution in [0, 0.1) is 19.3 Å². The molecule has 4 heteroatoms. The van der Waals surface area contributed by atoms with Gasteiger partial charge in [0.1, 0.15) is 0 Å². The van der Waals surface area contributed by atoms with Gasteiger partial charge in [0.25, 0.3) is 0 Å². The van der Waals surface area contributed by atoms with Crippen LogP contribution in [0.25, 0.3) is 0 Å². The molecule has 0 heterocycles. The molecule has 2 atom stereocenters. The van der Waals surface area contributed by atoms with Gasteiger partial charge in [-0.3, -0.25) is 0 Å². The molecule has 0 aliphatic rings. The molecule has 0 aromatic heterocycles. The molecule has 11 heavy (non-hydrogen) atoms. The van der Waals surface area contributed by atoms with Crippen molar-refractivity contribution in [2.24, 2.45) is 0 Å². The van der Waals surface area contributed by atoms with Crippen molar-refractivity contribution in [1.29, 1.82) is 0 Å². The second-order valence-electron chi connectivity index (χ2n) is 2.29. The molecule has 0 aromatic carbocycles. The first-order valence-corrected chi connectivity index (χ1v) is 3.04. The minimum Gasteiger partial charge on any atom is -0.479 e. The summed E-state index contributed by atoms with van der Waals surface area (Å²) in [5.74, 6) is -0.937. The highest BCUT2D eigenvalue weighted by Crippen LogP contribution is 2.07. The molecule has 0 saturated carbocycles. The number of aliphatic carboxylic acids is 1. The van der Waals surface area contributed by atoms with Crippen LogP contribution in [0.3, 0.4) is 0 Å². The van der Waals surface area contributed by atoms with Gasteiger partial charge in [-0.05, 0) is 19.3 Å². The van der Waals surface area contributed by atoms with Crippen molar-refractivity contribution < 1.29 is 20.1 Å². The Balaban J connectivity index is 3.82. The van der Waals surface area contributed by atoms with Crippen LogP contribution in [0.1, 0.15) is 6.92 Å². The Morgan fingerprint density at radius 3 is 2.27 bits per heavy atom. The Labute approximate surface area is 65.5 Å². The molecule has 4 nitrogen and oxygen atoms in total. The van der Waals surface area contributed by atoms with E-state index in [1.165, 1.54) is 6.42 Å². The van der Waals surface area contributed by atoms with E-state index < -0.39 is 18.2 Å². The number of rotatable bonds is 4. The summed E-state index contributed by atoms with van der Waals surface area (Å²) in [6, 6.07) is 0. The molecule has 3 radical (unpaired) electrons. The molecular formula is C7H11O4. The lowest BCUT2D eigenvalue weighted by Gasteiger charge is -2.14. The van der Waals surface area contributed by atoms with Crippen LogP contribution < -0.4 is 0 Å². The zero-order valence-corrected chi connectivity index (χ0v) is 6.19. The quantitative estimate of drug-likeness (QED) is 0.513. The van der Waals surface area contributed by atoms with Crippen molar-refractivity contribution in [3.63, 3.8) is 0 Å². The Kier molecular flexibility index (Phi) is 4.07. The SMILES string of the molecule is [CH2][C](C)[CH][C@H](O)[C@@H](O)C(=O)O. The summed E-state index contributed by atoms with van der Waals surface area (Å²) >= 11 is 0. The lowest BCUT2D eigenvalue weighted by molar-refractivity contribution is -0.151. The van der Waals surface area contributed by atoms with E-state index in [0.717, 1.165) is 0 Å². The summed E-state index contributed by atoms with van der Waals surface area (Å²) in [5, 5.41) is 25.8. The van der Waals surface area contributed by atoms with Crippen molar-refractivity contribution in [3.05, 3.63) is 19.3 Å². The van der Waals surface area contributed by atoms with Gasteiger partial charge in [0.05, 0.1) is 6.10 Å². The second-order valence-corrected chi connectivity index (χ2v) is 2.29. The maximum Gasteiger partial charge on any atom is 0.335 e. The molecule has 0 fully saturated rings. The van der Waals surface area contributed by atoms with Gasteiger partial charge in [0, 0.05) is 0 Å². The van der Waals surface area contributed by atoms with E-state index >= 15 is 0 Å². The van der Waals surface area contributed by atoms with E-state index in [2.05, 4.69) is 6.92 Å². The standard InChI is InChI=1S/C7H11O4/c1-4(2)3-5(8)6(9)7(10)11/h3,5-6,8-9H,1H2,2H3,(H,10,11)/t5-,6+/m0/s1. The van der Waals surface area contributed by atoms with Gasteiger partial charge in [-0.25, -0.2) is 4.79 Å². The first kappa shape index (κ1) is 10.4. The van der Waals surface area contributed by atoms with Gasteiger partial charge >= 0.3 is 5.97 Å². The van der Waals surface area contributed by atoms with E-state index in [4.69, 9.17) is 15.3 Å². The molecule has 0 rings (SSSR count). The maximum atomic E-state index is 10.1. The van der Waals surface area contributed by atoms with Gasteiger partial charge in [-0.15, -0.1) is 0 Å². The molecule has 0 spiro atoms. The van der Waals surface area contributed by atoms with Gasteiger partial charge in [0.15, 0.2) is 6.10 Å². The third-order valence-corrected chi connectivity index (χ3v) is 1.03. The van der Waals surface area contributed by atoms with Gasteiger partial charge in [-0.2, -0.15) is 0 Å². The van der Waals surface area contributed by atoms with Crippen LogP contribution in [-0.4, -0.2) is 33.5 Å². The van der Waals surface area contributed by atoms with Gasteiger partial charge in [-0.1, -0.05) is 6.92 Å². The average molecular weight is 159 g/mol. The summed E-state index contributed by atoms with van der Waals surface area (Å²) in [5.41, 5.74) is 0. The Morgan fingerprint density at radius 2 is 2.00 bits per heavy atom. The van der Waals surface area contributed by atoms with E-state index in [1.54, 1.807) is 6.92 Å². The number of hydrogen-bond donors (Lipinski definition) is 3. The molecule has 0 aromatic rings. The second kappa shape index (κ2) is 4.31. The summed E-state index contributed by atoms with van der Waals surface area (Å²) in [7, 11) is 0. The van der Waals surface area contributed by atoms with Crippen LogP contribution in [0.4, 0.5) is 0 Å². The van der Waals surface area contributed by atoms with Crippen LogP contribution in [0.2, 0.25) is 0 Å². The number of hydrogen-bond acceptors (Lipinski definition) is 3. The smallest absolute Gasteiger partial charge is 0.335 e. The van der Waals surface area contributed by atoms with E-state index in [0.29, 0.717) is 5.92 Å². The van der Waals surface area contributed by atoms with Crippen LogP contribution in [0.15, 0.2) is 0 Å². The number of carboxylic acid groups (broad SMARTS) is 1. The topological polar surface area (TPSA) is 77.8 Å². The summed E-state index contributed by atoms with van der Waals surface area (Å²) in [4.78, 5) is 10.1. The average Bonchev–Trinajstić information content (AvgIpc) is 1.84. The monoisotopic (exact) mass is 159 g/mol. The van der Waals surface area contributed by atoms with E-state index in [-0.39, 0.29) is 0 Å². The highest BCUT2D eigenvalue weighted by Gasteiger charge is 2.24. The lowest BCUT2D eigenvalue weighted by atomic mass is 10.0. The predicted molar refractivity (Wildman–Crippen MR) is 38.2 cm³/mol. The first-order valence-electron chi connectivity index (χ1n) is 3.04. The molecular weight excluding hydrogens is 148 g/mol.